The minimum atomic E-state index is -1.50. The van der Waals surface area contributed by atoms with E-state index in [4.69, 9.17) is 18.9 Å². The van der Waals surface area contributed by atoms with Crippen molar-refractivity contribution < 1.29 is 39.1 Å². The van der Waals surface area contributed by atoms with E-state index in [0.29, 0.717) is 12.2 Å². The van der Waals surface area contributed by atoms with Gasteiger partial charge < -0.3 is 34.3 Å². The standard InChI is InChI=1S/C25H34O8/c1-13(2)7-8-14-11-16(12-15-9-10-25(3,4)33-20(14)15)24(29)32-23-18(27)17(26)21(30-5)19(28)22(23)31-6/h7,9-12,17-19,21-23,26-28H,8H2,1-6H3/t17-,18-,19+,21+,22+,23+/m1/s1. The second kappa shape index (κ2) is 9.95. The predicted molar refractivity (Wildman–Crippen MR) is 122 cm³/mol. The topological polar surface area (TPSA) is 115 Å². The van der Waals surface area contributed by atoms with E-state index >= 15 is 0 Å². The molecule has 8 nitrogen and oxygen atoms in total. The number of rotatable bonds is 6. The average Bonchev–Trinajstić information content (AvgIpc) is 2.75. The summed E-state index contributed by atoms with van der Waals surface area (Å²) in [7, 11) is 2.63. The van der Waals surface area contributed by atoms with Crippen molar-refractivity contribution in [1.82, 2.24) is 0 Å². The quantitative estimate of drug-likeness (QED) is 0.435. The van der Waals surface area contributed by atoms with Crippen molar-refractivity contribution >= 4 is 12.0 Å². The lowest BCUT2D eigenvalue weighted by Crippen LogP contribution is -2.65. The van der Waals surface area contributed by atoms with E-state index in [-0.39, 0.29) is 5.56 Å². The van der Waals surface area contributed by atoms with Gasteiger partial charge in [0.1, 0.15) is 41.9 Å². The Labute approximate surface area is 194 Å². The molecule has 0 amide bonds. The number of fused-ring (bicyclic) bond motifs is 1. The summed E-state index contributed by atoms with van der Waals surface area (Å²) in [6, 6.07) is 3.37. The Balaban J connectivity index is 1.93. The number of benzene rings is 1. The molecule has 1 aromatic carbocycles. The van der Waals surface area contributed by atoms with Crippen molar-refractivity contribution in [1.29, 1.82) is 0 Å². The van der Waals surface area contributed by atoms with Crippen LogP contribution in [-0.4, -0.2) is 77.7 Å². The number of aliphatic hydroxyl groups excluding tert-OH is 3. The smallest absolute Gasteiger partial charge is 0.338 e. The van der Waals surface area contributed by atoms with Gasteiger partial charge >= 0.3 is 5.97 Å². The van der Waals surface area contributed by atoms with Crippen molar-refractivity contribution in [3.8, 4) is 5.75 Å². The molecule has 1 heterocycles. The largest absolute Gasteiger partial charge is 0.483 e. The molecular formula is C25H34O8. The zero-order valence-electron chi connectivity index (χ0n) is 19.9. The maximum Gasteiger partial charge on any atom is 0.338 e. The SMILES string of the molecule is CO[C@H]1[C@H](O)[C@@H](O)[C@H](OC(=O)c2cc3c(c(CC=C(C)C)c2)OC(C)(C)C=C3)[C@@H](OC)[C@H]1O. The van der Waals surface area contributed by atoms with Gasteiger partial charge in [-0.05, 0) is 57.9 Å². The van der Waals surface area contributed by atoms with Gasteiger partial charge in [0, 0.05) is 19.8 Å². The number of hydrogen-bond donors (Lipinski definition) is 3. The molecule has 1 aliphatic carbocycles. The molecule has 33 heavy (non-hydrogen) atoms. The minimum absolute atomic E-state index is 0.263. The number of carbonyl (C=O) groups excluding carboxylic acids is 1. The maximum atomic E-state index is 13.1. The molecule has 0 unspecified atom stereocenters. The first kappa shape index (κ1) is 25.4. The normalized spacial score (nSPS) is 30.2. The summed E-state index contributed by atoms with van der Waals surface area (Å²) in [6.45, 7) is 7.90. The van der Waals surface area contributed by atoms with Crippen LogP contribution in [0.2, 0.25) is 0 Å². The van der Waals surface area contributed by atoms with E-state index in [9.17, 15) is 20.1 Å². The fraction of sp³-hybridized carbons (Fsp3) is 0.560. The van der Waals surface area contributed by atoms with Crippen molar-refractivity contribution in [2.24, 2.45) is 0 Å². The molecule has 1 aromatic rings. The summed E-state index contributed by atoms with van der Waals surface area (Å²) in [5.74, 6) is -0.00588. The monoisotopic (exact) mass is 462 g/mol. The fourth-order valence-electron chi connectivity index (χ4n) is 4.18. The van der Waals surface area contributed by atoms with E-state index in [1.165, 1.54) is 14.2 Å². The molecule has 182 valence electrons. The van der Waals surface area contributed by atoms with Gasteiger partial charge in [-0.2, -0.15) is 0 Å². The molecule has 8 heteroatoms. The number of aliphatic hydroxyl groups is 3. The number of ether oxygens (including phenoxy) is 4. The van der Waals surface area contributed by atoms with Crippen LogP contribution in [-0.2, 0) is 20.6 Å². The zero-order chi connectivity index (χ0) is 24.5. The molecule has 3 rings (SSSR count). The average molecular weight is 463 g/mol. The van der Waals surface area contributed by atoms with Crippen LogP contribution in [0.15, 0.2) is 29.9 Å². The lowest BCUT2D eigenvalue weighted by atomic mass is 9.84. The van der Waals surface area contributed by atoms with Gasteiger partial charge in [-0.1, -0.05) is 17.7 Å². The third kappa shape index (κ3) is 5.31. The van der Waals surface area contributed by atoms with Crippen molar-refractivity contribution in [2.75, 3.05) is 14.2 Å². The summed E-state index contributed by atoms with van der Waals surface area (Å²) in [4.78, 5) is 13.1. The Morgan fingerprint density at radius 1 is 1.03 bits per heavy atom. The molecule has 0 aromatic heterocycles. The van der Waals surface area contributed by atoms with Gasteiger partial charge in [0.2, 0.25) is 0 Å². The fourth-order valence-corrected chi connectivity index (χ4v) is 4.18. The van der Waals surface area contributed by atoms with E-state index < -0.39 is 48.2 Å². The lowest BCUT2D eigenvalue weighted by Gasteiger charge is -2.43. The summed E-state index contributed by atoms with van der Waals surface area (Å²) >= 11 is 0. The lowest BCUT2D eigenvalue weighted by molar-refractivity contribution is -0.235. The molecule has 6 atom stereocenters. The van der Waals surface area contributed by atoms with E-state index in [1.54, 1.807) is 12.1 Å². The molecule has 0 spiro atoms. The van der Waals surface area contributed by atoms with E-state index in [1.807, 2.05) is 45.9 Å². The van der Waals surface area contributed by atoms with E-state index in [2.05, 4.69) is 0 Å². The van der Waals surface area contributed by atoms with Crippen LogP contribution in [0.1, 0.15) is 49.2 Å². The Kier molecular flexibility index (Phi) is 7.65. The number of allylic oxidation sites excluding steroid dienone is 2. The van der Waals surface area contributed by atoms with Crippen molar-refractivity contribution in [3.05, 3.63) is 46.5 Å². The third-order valence-corrected chi connectivity index (χ3v) is 6.00. The summed E-state index contributed by atoms with van der Waals surface area (Å²) in [5.41, 5.74) is 2.49. The zero-order valence-corrected chi connectivity index (χ0v) is 19.9. The van der Waals surface area contributed by atoms with Crippen LogP contribution < -0.4 is 4.74 Å². The highest BCUT2D eigenvalue weighted by Crippen LogP contribution is 2.36. The molecule has 2 aliphatic rings. The molecule has 1 fully saturated rings. The van der Waals surface area contributed by atoms with Crippen LogP contribution >= 0.6 is 0 Å². The first-order valence-corrected chi connectivity index (χ1v) is 11.0. The first-order chi connectivity index (χ1) is 15.5. The first-order valence-electron chi connectivity index (χ1n) is 11.0. The molecule has 0 radical (unpaired) electrons. The molecule has 0 saturated heterocycles. The summed E-state index contributed by atoms with van der Waals surface area (Å²) < 4.78 is 22.1. The van der Waals surface area contributed by atoms with Gasteiger partial charge in [0.15, 0.2) is 6.10 Å². The molecule has 3 N–H and O–H groups in total. The highest BCUT2D eigenvalue weighted by molar-refractivity contribution is 5.91. The molecular weight excluding hydrogens is 428 g/mol. The number of esters is 1. The maximum absolute atomic E-state index is 13.1. The summed E-state index contributed by atoms with van der Waals surface area (Å²) in [5, 5.41) is 31.4. The van der Waals surface area contributed by atoms with Gasteiger partial charge in [0.05, 0.1) is 5.56 Å². The molecule has 1 saturated carbocycles. The van der Waals surface area contributed by atoms with Crippen LogP contribution in [0.25, 0.3) is 6.08 Å². The van der Waals surface area contributed by atoms with Crippen LogP contribution in [0, 0.1) is 0 Å². The second-order valence-electron chi connectivity index (χ2n) is 9.32. The van der Waals surface area contributed by atoms with Crippen LogP contribution in [0.5, 0.6) is 5.75 Å². The second-order valence-corrected chi connectivity index (χ2v) is 9.32. The number of carbonyl (C=O) groups is 1. The highest BCUT2D eigenvalue weighted by Gasteiger charge is 2.52. The Morgan fingerprint density at radius 2 is 1.67 bits per heavy atom. The summed E-state index contributed by atoms with van der Waals surface area (Å²) in [6.07, 6.45) is -1.27. The Hall–Kier alpha value is -2.23. The van der Waals surface area contributed by atoms with E-state index in [0.717, 1.165) is 16.7 Å². The van der Waals surface area contributed by atoms with Gasteiger partial charge in [0.25, 0.3) is 0 Å². The molecule has 0 bridgehead atoms. The third-order valence-electron chi connectivity index (χ3n) is 6.00. The minimum Gasteiger partial charge on any atom is -0.483 e. The van der Waals surface area contributed by atoms with Gasteiger partial charge in [-0.25, -0.2) is 4.79 Å². The molecule has 1 aliphatic heterocycles. The number of hydrogen-bond acceptors (Lipinski definition) is 8. The Morgan fingerprint density at radius 3 is 2.27 bits per heavy atom. The Bertz CT molecular complexity index is 931. The highest BCUT2D eigenvalue weighted by atomic mass is 16.6. The van der Waals surface area contributed by atoms with Crippen molar-refractivity contribution in [2.45, 2.75) is 76.3 Å². The van der Waals surface area contributed by atoms with Crippen molar-refractivity contribution in [3.63, 3.8) is 0 Å². The number of methoxy groups -OCH3 is 2. The van der Waals surface area contributed by atoms with Gasteiger partial charge in [-0.15, -0.1) is 0 Å². The van der Waals surface area contributed by atoms with Crippen LogP contribution in [0.3, 0.4) is 0 Å². The van der Waals surface area contributed by atoms with Crippen LogP contribution in [0.4, 0.5) is 0 Å². The predicted octanol–water partition coefficient (Wildman–Crippen LogP) is 2.03. The van der Waals surface area contributed by atoms with Gasteiger partial charge in [-0.3, -0.25) is 0 Å².